The lowest BCUT2D eigenvalue weighted by Gasteiger charge is -2.11. The molecule has 0 aliphatic rings. The highest BCUT2D eigenvalue weighted by Gasteiger charge is 2.09. The minimum absolute atomic E-state index is 0.213. The molecule has 0 unspecified atom stereocenters. The quantitative estimate of drug-likeness (QED) is 0.516. The van der Waals surface area contributed by atoms with Crippen LogP contribution in [0.3, 0.4) is 0 Å². The summed E-state index contributed by atoms with van der Waals surface area (Å²) in [5.74, 6) is 0. The van der Waals surface area contributed by atoms with Crippen molar-refractivity contribution in [3.63, 3.8) is 0 Å². The van der Waals surface area contributed by atoms with Crippen LogP contribution in [0, 0.1) is 13.8 Å². The van der Waals surface area contributed by atoms with Crippen molar-refractivity contribution in [2.45, 2.75) is 26.9 Å². The van der Waals surface area contributed by atoms with Gasteiger partial charge in [0.15, 0.2) is 0 Å². The molecular weight excluding hydrogens is 376 g/mol. The zero-order valence-electron chi connectivity index (χ0n) is 16.9. The zero-order chi connectivity index (χ0) is 21.1. The van der Waals surface area contributed by atoms with E-state index in [0.29, 0.717) is 0 Å². The van der Waals surface area contributed by atoms with E-state index in [-0.39, 0.29) is 24.2 Å². The Morgan fingerprint density at radius 2 is 1.00 bits per heavy atom. The van der Waals surface area contributed by atoms with E-state index >= 15 is 0 Å². The van der Waals surface area contributed by atoms with Gasteiger partial charge in [-0.3, -0.25) is 9.59 Å². The predicted molar refractivity (Wildman–Crippen MR) is 117 cm³/mol. The van der Waals surface area contributed by atoms with Crippen LogP contribution < -0.4 is 11.1 Å². The molecule has 4 rings (SSSR count). The molecule has 0 saturated heterocycles. The fourth-order valence-corrected chi connectivity index (χ4v) is 3.42. The van der Waals surface area contributed by atoms with E-state index in [0.717, 1.165) is 33.6 Å². The van der Waals surface area contributed by atoms with Crippen molar-refractivity contribution in [3.05, 3.63) is 105 Å². The Bertz CT molecular complexity index is 1220. The van der Waals surface area contributed by atoms with Crippen LogP contribution in [0.2, 0.25) is 0 Å². The molecule has 4 aromatic rings. The van der Waals surface area contributed by atoms with E-state index in [9.17, 15) is 9.59 Å². The highest BCUT2D eigenvalue weighted by molar-refractivity contribution is 5.63. The van der Waals surface area contributed by atoms with Crippen LogP contribution in [-0.2, 0) is 13.1 Å². The van der Waals surface area contributed by atoms with Crippen molar-refractivity contribution in [3.8, 4) is 22.5 Å². The molecule has 2 aromatic heterocycles. The molecule has 2 heterocycles. The maximum Gasteiger partial charge on any atom is 0.266 e. The van der Waals surface area contributed by atoms with Crippen molar-refractivity contribution in [1.82, 2.24) is 19.6 Å². The molecule has 0 aliphatic carbocycles. The second-order valence-corrected chi connectivity index (χ2v) is 7.19. The first kappa shape index (κ1) is 19.5. The molecule has 0 atom stereocenters. The summed E-state index contributed by atoms with van der Waals surface area (Å²) >= 11 is 0. The first-order valence-electron chi connectivity index (χ1n) is 9.81. The number of nitrogens with zero attached hydrogens (tertiary/aromatic N) is 4. The van der Waals surface area contributed by atoms with Gasteiger partial charge in [0.25, 0.3) is 11.1 Å². The summed E-state index contributed by atoms with van der Waals surface area (Å²) in [4.78, 5) is 24.6. The molecule has 0 fully saturated rings. The Hall–Kier alpha value is -3.80. The third-order valence-electron chi connectivity index (χ3n) is 5.10. The minimum Gasteiger partial charge on any atom is -0.268 e. The highest BCUT2D eigenvalue weighted by Crippen LogP contribution is 2.20. The molecule has 150 valence electrons. The first-order valence-corrected chi connectivity index (χ1v) is 9.81. The third kappa shape index (κ3) is 3.98. The zero-order valence-corrected chi connectivity index (χ0v) is 16.9. The Morgan fingerprint density at radius 1 is 0.600 bits per heavy atom. The molecule has 0 aliphatic heterocycles. The van der Waals surface area contributed by atoms with Gasteiger partial charge in [-0.15, -0.1) is 0 Å². The van der Waals surface area contributed by atoms with Crippen LogP contribution in [0.15, 0.2) is 82.4 Å². The summed E-state index contributed by atoms with van der Waals surface area (Å²) in [5.41, 5.74) is 5.14. The van der Waals surface area contributed by atoms with Crippen molar-refractivity contribution in [1.29, 1.82) is 0 Å². The van der Waals surface area contributed by atoms with Gasteiger partial charge < -0.3 is 0 Å². The maximum absolute atomic E-state index is 12.3. The molecule has 2 aromatic carbocycles. The van der Waals surface area contributed by atoms with Gasteiger partial charge in [-0.1, -0.05) is 48.5 Å². The summed E-state index contributed by atoms with van der Waals surface area (Å²) in [7, 11) is 0. The van der Waals surface area contributed by atoms with Gasteiger partial charge >= 0.3 is 0 Å². The summed E-state index contributed by atoms with van der Waals surface area (Å²) in [6, 6.07) is 22.3. The average molecular weight is 398 g/mol. The van der Waals surface area contributed by atoms with E-state index in [4.69, 9.17) is 0 Å². The Morgan fingerprint density at radius 3 is 1.40 bits per heavy atom. The van der Waals surface area contributed by atoms with E-state index in [1.54, 1.807) is 12.1 Å². The molecule has 0 bridgehead atoms. The molecule has 0 amide bonds. The normalized spacial score (nSPS) is 10.9. The van der Waals surface area contributed by atoms with Crippen LogP contribution in [0.4, 0.5) is 0 Å². The Labute approximate surface area is 174 Å². The van der Waals surface area contributed by atoms with Gasteiger partial charge in [0.2, 0.25) is 0 Å². The molecule has 0 spiro atoms. The summed E-state index contributed by atoms with van der Waals surface area (Å²) in [5, 5.41) is 9.01. The minimum atomic E-state index is -0.213. The number of aromatic nitrogens is 4. The molecule has 6 heteroatoms. The number of hydrogen-bond donors (Lipinski definition) is 0. The summed E-state index contributed by atoms with van der Waals surface area (Å²) in [6.45, 7) is 4.52. The molecule has 0 radical (unpaired) electrons. The van der Waals surface area contributed by atoms with E-state index in [2.05, 4.69) is 10.2 Å². The van der Waals surface area contributed by atoms with Crippen LogP contribution >= 0.6 is 0 Å². The predicted octanol–water partition coefficient (Wildman–Crippen LogP) is 3.45. The molecule has 30 heavy (non-hydrogen) atoms. The van der Waals surface area contributed by atoms with E-state index in [1.807, 2.05) is 62.4 Å². The van der Waals surface area contributed by atoms with Crippen LogP contribution in [0.25, 0.3) is 22.5 Å². The van der Waals surface area contributed by atoms with Crippen LogP contribution in [0.5, 0.6) is 0 Å². The Balaban J connectivity index is 1.63. The van der Waals surface area contributed by atoms with Crippen LogP contribution in [-0.4, -0.2) is 19.6 Å². The smallest absolute Gasteiger partial charge is 0.266 e. The lowest BCUT2D eigenvalue weighted by Crippen LogP contribution is -2.29. The fourth-order valence-electron chi connectivity index (χ4n) is 3.42. The van der Waals surface area contributed by atoms with E-state index in [1.165, 1.54) is 21.5 Å². The van der Waals surface area contributed by atoms with Gasteiger partial charge in [0, 0.05) is 23.3 Å². The highest BCUT2D eigenvalue weighted by atomic mass is 16.1. The fraction of sp³-hybridized carbons (Fsp3) is 0.167. The molecule has 0 saturated carbocycles. The van der Waals surface area contributed by atoms with Crippen LogP contribution in [0.1, 0.15) is 11.1 Å². The lowest BCUT2D eigenvalue weighted by molar-refractivity contribution is 0.470. The Kier molecular flexibility index (Phi) is 5.39. The van der Waals surface area contributed by atoms with Gasteiger partial charge in [-0.05, 0) is 37.1 Å². The monoisotopic (exact) mass is 398 g/mol. The second kappa shape index (κ2) is 8.29. The van der Waals surface area contributed by atoms with Crippen molar-refractivity contribution < 1.29 is 0 Å². The number of hydrogen-bond acceptors (Lipinski definition) is 4. The van der Waals surface area contributed by atoms with Gasteiger partial charge in [0.1, 0.15) is 0 Å². The standard InChI is InChI=1S/C24H22N4O2/c1-17-7-3-5-9-19(17)21-11-13-23(29)27(25-21)15-16-28-24(30)14-12-22(26-28)20-10-6-4-8-18(20)2/h3-14H,15-16H2,1-2H3. The van der Waals surface area contributed by atoms with Crippen molar-refractivity contribution >= 4 is 0 Å². The van der Waals surface area contributed by atoms with Gasteiger partial charge in [-0.2, -0.15) is 10.2 Å². The van der Waals surface area contributed by atoms with Crippen molar-refractivity contribution in [2.24, 2.45) is 0 Å². The molecule has 6 nitrogen and oxygen atoms in total. The summed E-state index contributed by atoms with van der Waals surface area (Å²) < 4.78 is 2.77. The largest absolute Gasteiger partial charge is 0.268 e. The van der Waals surface area contributed by atoms with Crippen molar-refractivity contribution in [2.75, 3.05) is 0 Å². The SMILES string of the molecule is Cc1ccccc1-c1ccc(=O)n(CCn2nc(-c3ccccc3C)ccc2=O)n1. The molecular formula is C24H22N4O2. The second-order valence-electron chi connectivity index (χ2n) is 7.19. The first-order chi connectivity index (χ1) is 14.5. The van der Waals surface area contributed by atoms with Gasteiger partial charge in [-0.25, -0.2) is 9.36 Å². The number of benzene rings is 2. The average Bonchev–Trinajstić information content (AvgIpc) is 2.75. The topological polar surface area (TPSA) is 69.8 Å². The summed E-state index contributed by atoms with van der Waals surface area (Å²) in [6.07, 6.45) is 0. The van der Waals surface area contributed by atoms with E-state index < -0.39 is 0 Å². The van der Waals surface area contributed by atoms with Gasteiger partial charge in [0.05, 0.1) is 24.5 Å². The maximum atomic E-state index is 12.3. The lowest BCUT2D eigenvalue weighted by atomic mass is 10.1. The number of aryl methyl sites for hydroxylation is 4. The number of rotatable bonds is 5. The molecule has 0 N–H and O–H groups in total. The third-order valence-corrected chi connectivity index (χ3v) is 5.10.